The van der Waals surface area contributed by atoms with Crippen molar-refractivity contribution in [3.05, 3.63) is 41.3 Å². The van der Waals surface area contributed by atoms with E-state index in [2.05, 4.69) is 15.4 Å². The molecule has 4 rings (SSSR count). The van der Waals surface area contributed by atoms with Gasteiger partial charge in [-0.3, -0.25) is 9.69 Å². The maximum Gasteiger partial charge on any atom is 0.228 e. The second-order valence-corrected chi connectivity index (χ2v) is 8.76. The minimum atomic E-state index is -0.287. The maximum atomic E-state index is 13.1. The molecular formula is C19H19FN4O2S2. The van der Waals surface area contributed by atoms with Gasteiger partial charge in [0.15, 0.2) is 10.1 Å². The Balaban J connectivity index is 1.45. The molecule has 3 aromatic rings. The minimum absolute atomic E-state index is 0.0893. The molecule has 1 aromatic carbocycles. The Bertz CT molecular complexity index is 982. The van der Waals surface area contributed by atoms with Crippen LogP contribution < -0.4 is 4.90 Å². The number of carbonyl (C=O) groups is 1. The number of anilines is 1. The zero-order valence-electron chi connectivity index (χ0n) is 15.5. The number of carbonyl (C=O) groups excluding carboxylic acids is 1. The van der Waals surface area contributed by atoms with Crippen molar-refractivity contribution in [2.24, 2.45) is 0 Å². The van der Waals surface area contributed by atoms with Gasteiger partial charge < -0.3 is 4.52 Å². The van der Waals surface area contributed by atoms with Crippen LogP contribution in [-0.2, 0) is 10.5 Å². The van der Waals surface area contributed by atoms with E-state index >= 15 is 0 Å². The Labute approximate surface area is 170 Å². The summed E-state index contributed by atoms with van der Waals surface area (Å²) in [6, 6.07) is 6.42. The summed E-state index contributed by atoms with van der Waals surface area (Å²) >= 11 is 2.94. The molecule has 2 aromatic heterocycles. The summed E-state index contributed by atoms with van der Waals surface area (Å²) in [4.78, 5) is 14.0. The van der Waals surface area contributed by atoms with Crippen LogP contribution in [0.25, 0.3) is 11.3 Å². The molecule has 0 unspecified atom stereocenters. The van der Waals surface area contributed by atoms with Crippen LogP contribution in [0, 0.1) is 12.7 Å². The molecule has 2 heterocycles. The van der Waals surface area contributed by atoms with Crippen LogP contribution in [0.15, 0.2) is 33.1 Å². The number of hydrogen-bond acceptors (Lipinski definition) is 7. The average molecular weight is 419 g/mol. The van der Waals surface area contributed by atoms with Gasteiger partial charge in [0.2, 0.25) is 11.0 Å². The lowest BCUT2D eigenvalue weighted by Gasteiger charge is -2.17. The van der Waals surface area contributed by atoms with Crippen molar-refractivity contribution >= 4 is 34.1 Å². The van der Waals surface area contributed by atoms with Gasteiger partial charge in [-0.15, -0.1) is 10.2 Å². The molecule has 6 nitrogen and oxygen atoms in total. The first-order chi connectivity index (χ1) is 13.6. The lowest BCUT2D eigenvalue weighted by molar-refractivity contribution is -0.118. The fraction of sp³-hybridized carbons (Fsp3) is 0.368. The fourth-order valence-corrected chi connectivity index (χ4v) is 4.76. The van der Waals surface area contributed by atoms with E-state index < -0.39 is 0 Å². The fourth-order valence-electron chi connectivity index (χ4n) is 2.83. The summed E-state index contributed by atoms with van der Waals surface area (Å²) in [7, 11) is 0. The molecule has 0 N–H and O–H groups in total. The second-order valence-electron chi connectivity index (χ2n) is 6.58. The summed E-state index contributed by atoms with van der Waals surface area (Å²) in [5, 5.41) is 13.3. The number of amides is 1. The highest BCUT2D eigenvalue weighted by Gasteiger charge is 2.35. The number of aromatic nitrogens is 3. The van der Waals surface area contributed by atoms with Gasteiger partial charge in [-0.1, -0.05) is 35.2 Å². The van der Waals surface area contributed by atoms with Crippen LogP contribution in [0.5, 0.6) is 0 Å². The average Bonchev–Trinajstić information content (AvgIpc) is 3.30. The Morgan fingerprint density at radius 1 is 1.32 bits per heavy atom. The Kier molecular flexibility index (Phi) is 5.45. The van der Waals surface area contributed by atoms with E-state index in [1.807, 2.05) is 13.8 Å². The first-order valence-corrected chi connectivity index (χ1v) is 10.9. The quantitative estimate of drug-likeness (QED) is 0.404. The van der Waals surface area contributed by atoms with Crippen LogP contribution in [0.3, 0.4) is 0 Å². The molecular weight excluding hydrogens is 399 g/mol. The van der Waals surface area contributed by atoms with E-state index in [9.17, 15) is 9.18 Å². The van der Waals surface area contributed by atoms with Gasteiger partial charge in [0.1, 0.15) is 5.82 Å². The predicted molar refractivity (Wildman–Crippen MR) is 107 cm³/mol. The van der Waals surface area contributed by atoms with Crippen LogP contribution in [0.4, 0.5) is 9.52 Å². The van der Waals surface area contributed by atoms with E-state index in [0.717, 1.165) is 34.0 Å². The number of thioether (sulfide) groups is 1. The molecule has 1 aliphatic carbocycles. The van der Waals surface area contributed by atoms with Gasteiger partial charge in [-0.05, 0) is 44.0 Å². The van der Waals surface area contributed by atoms with Crippen molar-refractivity contribution in [3.8, 4) is 11.3 Å². The summed E-state index contributed by atoms with van der Waals surface area (Å²) < 4.78 is 19.4. The normalized spacial score (nSPS) is 13.7. The Morgan fingerprint density at radius 2 is 2.07 bits per heavy atom. The van der Waals surface area contributed by atoms with E-state index in [4.69, 9.17) is 4.52 Å². The molecule has 0 saturated heterocycles. The lowest BCUT2D eigenvalue weighted by Crippen LogP contribution is -2.32. The molecule has 146 valence electrons. The van der Waals surface area contributed by atoms with Crippen molar-refractivity contribution in [2.75, 3.05) is 4.90 Å². The van der Waals surface area contributed by atoms with Crippen molar-refractivity contribution in [2.45, 2.75) is 49.2 Å². The third-order valence-electron chi connectivity index (χ3n) is 4.54. The molecule has 0 bridgehead atoms. The number of rotatable bonds is 7. The van der Waals surface area contributed by atoms with Gasteiger partial charge in [0.25, 0.3) is 0 Å². The summed E-state index contributed by atoms with van der Waals surface area (Å²) in [6.07, 6.45) is 2.51. The first kappa shape index (κ1) is 19.1. The van der Waals surface area contributed by atoms with Crippen molar-refractivity contribution in [1.82, 2.24) is 15.4 Å². The highest BCUT2D eigenvalue weighted by Crippen LogP contribution is 2.37. The number of nitrogens with zero attached hydrogens (tertiary/aromatic N) is 4. The van der Waals surface area contributed by atoms with E-state index in [1.54, 1.807) is 17.0 Å². The van der Waals surface area contributed by atoms with Gasteiger partial charge in [0, 0.05) is 29.3 Å². The molecule has 1 fully saturated rings. The first-order valence-electron chi connectivity index (χ1n) is 9.06. The second kappa shape index (κ2) is 8.00. The summed E-state index contributed by atoms with van der Waals surface area (Å²) in [6.45, 7) is 3.80. The highest BCUT2D eigenvalue weighted by molar-refractivity contribution is 8.00. The van der Waals surface area contributed by atoms with Crippen LogP contribution in [0.2, 0.25) is 0 Å². The lowest BCUT2D eigenvalue weighted by atomic mass is 10.1. The molecule has 0 radical (unpaired) electrons. The highest BCUT2D eigenvalue weighted by atomic mass is 32.2. The Hall–Kier alpha value is -2.26. The van der Waals surface area contributed by atoms with Gasteiger partial charge >= 0.3 is 0 Å². The molecule has 9 heteroatoms. The molecule has 1 amide bonds. The predicted octanol–water partition coefficient (Wildman–Crippen LogP) is 4.84. The molecule has 1 saturated carbocycles. The smallest absolute Gasteiger partial charge is 0.228 e. The van der Waals surface area contributed by atoms with Gasteiger partial charge in [-0.25, -0.2) is 4.39 Å². The van der Waals surface area contributed by atoms with Gasteiger partial charge in [-0.2, -0.15) is 0 Å². The zero-order chi connectivity index (χ0) is 19.7. The zero-order valence-corrected chi connectivity index (χ0v) is 17.1. The van der Waals surface area contributed by atoms with Crippen LogP contribution in [0.1, 0.15) is 37.4 Å². The van der Waals surface area contributed by atoms with Crippen molar-refractivity contribution < 1.29 is 13.7 Å². The molecule has 0 aliphatic heterocycles. The van der Waals surface area contributed by atoms with Crippen LogP contribution >= 0.6 is 23.1 Å². The largest absolute Gasteiger partial charge is 0.356 e. The number of hydrogen-bond donors (Lipinski definition) is 0. The topological polar surface area (TPSA) is 72.1 Å². The van der Waals surface area contributed by atoms with Crippen molar-refractivity contribution in [1.29, 1.82) is 0 Å². The van der Waals surface area contributed by atoms with E-state index in [1.165, 1.54) is 35.2 Å². The number of benzene rings is 1. The molecule has 28 heavy (non-hydrogen) atoms. The van der Waals surface area contributed by atoms with Crippen molar-refractivity contribution in [3.63, 3.8) is 0 Å². The third-order valence-corrected chi connectivity index (χ3v) is 6.61. The van der Waals surface area contributed by atoms with E-state index in [0.29, 0.717) is 23.1 Å². The molecule has 0 spiro atoms. The monoisotopic (exact) mass is 418 g/mol. The van der Waals surface area contributed by atoms with Crippen LogP contribution in [-0.4, -0.2) is 27.3 Å². The number of halogens is 1. The van der Waals surface area contributed by atoms with E-state index in [-0.39, 0.29) is 17.8 Å². The maximum absolute atomic E-state index is 13.1. The SMILES string of the molecule is CCC(=O)N(c1nnc(SCc2noc(-c3ccc(F)cc3)c2C)s1)C1CC1. The standard InChI is InChI=1S/C19H19FN4O2S2/c1-3-16(25)24(14-8-9-14)18-21-22-19(28-18)27-10-15-11(2)17(26-23-15)12-4-6-13(20)7-5-12/h4-7,14H,3,8-10H2,1-2H3. The summed E-state index contributed by atoms with van der Waals surface area (Å²) in [5.74, 6) is 1.02. The molecule has 1 aliphatic rings. The van der Waals surface area contributed by atoms with Gasteiger partial charge in [0.05, 0.1) is 5.69 Å². The third kappa shape index (κ3) is 3.95. The minimum Gasteiger partial charge on any atom is -0.356 e. The summed E-state index contributed by atoms with van der Waals surface area (Å²) in [5.41, 5.74) is 2.52. The molecule has 0 atom stereocenters. The Morgan fingerprint density at radius 3 is 2.75 bits per heavy atom.